The second-order valence-corrected chi connectivity index (χ2v) is 5.35. The summed E-state index contributed by atoms with van der Waals surface area (Å²) in [7, 11) is 0. The molecule has 0 aromatic heterocycles. The Morgan fingerprint density at radius 1 is 1.28 bits per heavy atom. The van der Waals surface area contributed by atoms with Crippen molar-refractivity contribution in [1.82, 2.24) is 4.90 Å². The van der Waals surface area contributed by atoms with Crippen LogP contribution in [0, 0.1) is 10.1 Å². The molecule has 0 saturated heterocycles. The van der Waals surface area contributed by atoms with Crippen molar-refractivity contribution in [2.45, 2.75) is 13.5 Å². The summed E-state index contributed by atoms with van der Waals surface area (Å²) in [6.45, 7) is 6.55. The zero-order chi connectivity index (χ0) is 18.2. The lowest BCUT2D eigenvalue weighted by atomic mass is 10.1. The van der Waals surface area contributed by atoms with Crippen LogP contribution >= 0.6 is 0 Å². The van der Waals surface area contributed by atoms with Gasteiger partial charge in [0.1, 0.15) is 6.61 Å². The number of carbonyl (C=O) groups is 1. The molecular formula is C19H20N2O4. The molecule has 0 aliphatic carbocycles. The summed E-state index contributed by atoms with van der Waals surface area (Å²) in [5, 5.41) is 11.4. The molecule has 0 radical (unpaired) electrons. The summed E-state index contributed by atoms with van der Waals surface area (Å²) in [5.74, 6) is -0.141. The molecule has 2 rings (SSSR count). The van der Waals surface area contributed by atoms with Gasteiger partial charge in [-0.3, -0.25) is 14.9 Å². The Kier molecular flexibility index (Phi) is 6.28. The standard InChI is InChI=1S/C19H20N2O4/c1-3-12-20(4-2)19(22)16-10-11-18(17(13-16)21(23)24)25-14-15-8-6-5-7-9-15/h3,5-11,13H,1,4,12,14H2,2H3. The fraction of sp³-hybridized carbons (Fsp3) is 0.211. The number of nitro benzene ring substituents is 1. The molecule has 0 aliphatic rings. The van der Waals surface area contributed by atoms with E-state index in [1.165, 1.54) is 12.1 Å². The normalized spacial score (nSPS) is 10.1. The van der Waals surface area contributed by atoms with Crippen molar-refractivity contribution in [1.29, 1.82) is 0 Å². The quantitative estimate of drug-likeness (QED) is 0.416. The van der Waals surface area contributed by atoms with E-state index >= 15 is 0 Å². The van der Waals surface area contributed by atoms with Crippen LogP contribution in [-0.2, 0) is 6.61 Å². The van der Waals surface area contributed by atoms with Gasteiger partial charge in [-0.2, -0.15) is 0 Å². The van der Waals surface area contributed by atoms with Gasteiger partial charge in [0.05, 0.1) is 4.92 Å². The van der Waals surface area contributed by atoms with E-state index in [9.17, 15) is 14.9 Å². The van der Waals surface area contributed by atoms with E-state index < -0.39 is 4.92 Å². The third-order valence-electron chi connectivity index (χ3n) is 3.66. The zero-order valence-electron chi connectivity index (χ0n) is 14.1. The van der Waals surface area contributed by atoms with Gasteiger partial charge in [-0.15, -0.1) is 6.58 Å². The van der Waals surface area contributed by atoms with Crippen LogP contribution in [0.15, 0.2) is 61.2 Å². The lowest BCUT2D eigenvalue weighted by Gasteiger charge is -2.19. The van der Waals surface area contributed by atoms with Crippen LogP contribution in [0.2, 0.25) is 0 Å². The van der Waals surface area contributed by atoms with Gasteiger partial charge in [0.15, 0.2) is 5.75 Å². The van der Waals surface area contributed by atoms with Crippen LogP contribution in [0.25, 0.3) is 0 Å². The lowest BCUT2D eigenvalue weighted by molar-refractivity contribution is -0.386. The fourth-order valence-electron chi connectivity index (χ4n) is 2.34. The molecule has 6 nitrogen and oxygen atoms in total. The van der Waals surface area contributed by atoms with Gasteiger partial charge >= 0.3 is 5.69 Å². The minimum atomic E-state index is -0.541. The fourth-order valence-corrected chi connectivity index (χ4v) is 2.34. The molecule has 0 bridgehead atoms. The van der Waals surface area contributed by atoms with Crippen LogP contribution < -0.4 is 4.74 Å². The van der Waals surface area contributed by atoms with E-state index in [4.69, 9.17) is 4.74 Å². The highest BCUT2D eigenvalue weighted by molar-refractivity contribution is 5.95. The average molecular weight is 340 g/mol. The first kappa shape index (κ1) is 18.2. The van der Waals surface area contributed by atoms with Crippen molar-refractivity contribution in [3.63, 3.8) is 0 Å². The molecule has 0 spiro atoms. The molecule has 130 valence electrons. The van der Waals surface area contributed by atoms with Gasteiger partial charge in [-0.1, -0.05) is 36.4 Å². The highest BCUT2D eigenvalue weighted by Crippen LogP contribution is 2.29. The van der Waals surface area contributed by atoms with Crippen molar-refractivity contribution < 1.29 is 14.5 Å². The highest BCUT2D eigenvalue weighted by atomic mass is 16.6. The maximum absolute atomic E-state index is 12.4. The predicted octanol–water partition coefficient (Wildman–Crippen LogP) is 3.82. The van der Waals surface area contributed by atoms with E-state index in [-0.39, 0.29) is 29.5 Å². The zero-order valence-corrected chi connectivity index (χ0v) is 14.1. The van der Waals surface area contributed by atoms with Gasteiger partial charge in [-0.05, 0) is 24.6 Å². The number of rotatable bonds is 8. The Morgan fingerprint density at radius 2 is 2.00 bits per heavy atom. The number of nitro groups is 1. The SMILES string of the molecule is C=CCN(CC)C(=O)c1ccc(OCc2ccccc2)c([N+](=O)[O-])c1. The molecule has 0 saturated carbocycles. The first-order valence-electron chi connectivity index (χ1n) is 7.92. The number of hydrogen-bond donors (Lipinski definition) is 0. The molecule has 0 unspecified atom stereocenters. The maximum atomic E-state index is 12.4. The Morgan fingerprint density at radius 3 is 2.60 bits per heavy atom. The molecule has 2 aromatic carbocycles. The monoisotopic (exact) mass is 340 g/mol. The van der Waals surface area contributed by atoms with E-state index in [2.05, 4.69) is 6.58 Å². The average Bonchev–Trinajstić information content (AvgIpc) is 2.64. The Balaban J connectivity index is 2.23. The van der Waals surface area contributed by atoms with Crippen molar-refractivity contribution in [3.8, 4) is 5.75 Å². The number of likely N-dealkylation sites (N-methyl/N-ethyl adjacent to an activating group) is 1. The lowest BCUT2D eigenvalue weighted by Crippen LogP contribution is -2.30. The highest BCUT2D eigenvalue weighted by Gasteiger charge is 2.21. The first-order chi connectivity index (χ1) is 12.1. The Labute approximate surface area is 146 Å². The molecule has 0 atom stereocenters. The number of hydrogen-bond acceptors (Lipinski definition) is 4. The summed E-state index contributed by atoms with van der Waals surface area (Å²) in [5.41, 5.74) is 0.930. The van der Waals surface area contributed by atoms with Crippen molar-refractivity contribution >= 4 is 11.6 Å². The molecule has 0 aliphatic heterocycles. The van der Waals surface area contributed by atoms with Gasteiger partial charge in [0, 0.05) is 24.7 Å². The molecule has 1 amide bonds. The summed E-state index contributed by atoms with van der Waals surface area (Å²) in [6.07, 6.45) is 1.62. The number of amides is 1. The maximum Gasteiger partial charge on any atom is 0.311 e. The third kappa shape index (κ3) is 4.67. The van der Waals surface area contributed by atoms with E-state index in [1.807, 2.05) is 37.3 Å². The summed E-state index contributed by atoms with van der Waals surface area (Å²) in [6, 6.07) is 13.6. The van der Waals surface area contributed by atoms with Crippen molar-refractivity contribution in [2.24, 2.45) is 0 Å². The topological polar surface area (TPSA) is 72.7 Å². The van der Waals surface area contributed by atoms with Crippen LogP contribution in [0.5, 0.6) is 5.75 Å². The number of benzene rings is 2. The number of ether oxygens (including phenoxy) is 1. The van der Waals surface area contributed by atoms with Crippen LogP contribution in [0.4, 0.5) is 5.69 Å². The first-order valence-corrected chi connectivity index (χ1v) is 7.92. The molecule has 6 heteroatoms. The van der Waals surface area contributed by atoms with Crippen molar-refractivity contribution in [3.05, 3.63) is 82.4 Å². The second kappa shape index (κ2) is 8.63. The molecule has 2 aromatic rings. The molecule has 0 N–H and O–H groups in total. The minimum absolute atomic E-state index is 0.136. The number of nitrogens with zero attached hydrogens (tertiary/aromatic N) is 2. The third-order valence-corrected chi connectivity index (χ3v) is 3.66. The molecule has 0 fully saturated rings. The van der Waals surface area contributed by atoms with Crippen LogP contribution in [0.3, 0.4) is 0 Å². The van der Waals surface area contributed by atoms with Crippen molar-refractivity contribution in [2.75, 3.05) is 13.1 Å². The minimum Gasteiger partial charge on any atom is -0.482 e. The summed E-state index contributed by atoms with van der Waals surface area (Å²) >= 11 is 0. The van der Waals surface area contributed by atoms with Crippen LogP contribution in [-0.4, -0.2) is 28.8 Å². The predicted molar refractivity (Wildman–Crippen MR) is 95.6 cm³/mol. The van der Waals surface area contributed by atoms with E-state index in [0.29, 0.717) is 13.1 Å². The summed E-state index contributed by atoms with van der Waals surface area (Å²) < 4.78 is 5.57. The Hall–Kier alpha value is -3.15. The van der Waals surface area contributed by atoms with Gasteiger partial charge < -0.3 is 9.64 Å². The van der Waals surface area contributed by atoms with Gasteiger partial charge in [0.2, 0.25) is 0 Å². The van der Waals surface area contributed by atoms with E-state index in [0.717, 1.165) is 5.56 Å². The molecule has 25 heavy (non-hydrogen) atoms. The van der Waals surface area contributed by atoms with Gasteiger partial charge in [-0.25, -0.2) is 0 Å². The second-order valence-electron chi connectivity index (χ2n) is 5.35. The number of carbonyl (C=O) groups excluding carboxylic acids is 1. The van der Waals surface area contributed by atoms with Gasteiger partial charge in [0.25, 0.3) is 5.91 Å². The molecule has 0 heterocycles. The smallest absolute Gasteiger partial charge is 0.311 e. The van der Waals surface area contributed by atoms with Crippen LogP contribution in [0.1, 0.15) is 22.8 Å². The molecular weight excluding hydrogens is 320 g/mol. The largest absolute Gasteiger partial charge is 0.482 e. The summed E-state index contributed by atoms with van der Waals surface area (Å²) in [4.78, 5) is 24.8. The van der Waals surface area contributed by atoms with E-state index in [1.54, 1.807) is 17.0 Å². The Bertz CT molecular complexity index is 759.